The van der Waals surface area contributed by atoms with E-state index in [4.69, 9.17) is 4.99 Å². The van der Waals surface area contributed by atoms with E-state index in [1.807, 2.05) is 30.3 Å². The average molecular weight is 245 g/mol. The van der Waals surface area contributed by atoms with Gasteiger partial charge in [0, 0.05) is 0 Å². The number of guanidine groups is 1. The molecule has 0 aromatic heterocycles. The molecule has 0 saturated carbocycles. The molecular formula is C15H23N3. The molecule has 0 atom stereocenters. The first-order valence-corrected chi connectivity index (χ1v) is 6.45. The van der Waals surface area contributed by atoms with Crippen LogP contribution in [0.4, 0.5) is 5.69 Å². The summed E-state index contributed by atoms with van der Waals surface area (Å²) in [5, 5.41) is 4.53. The monoisotopic (exact) mass is 245 g/mol. The zero-order valence-electron chi connectivity index (χ0n) is 12.2. The molecule has 1 saturated heterocycles. The molecule has 0 aliphatic carbocycles. The zero-order valence-corrected chi connectivity index (χ0v) is 12.2. The van der Waals surface area contributed by atoms with E-state index in [1.54, 1.807) is 0 Å². The Kier molecular flexibility index (Phi) is 2.88. The van der Waals surface area contributed by atoms with Gasteiger partial charge >= 0.3 is 0 Å². The van der Waals surface area contributed by atoms with Gasteiger partial charge in [0.15, 0.2) is 0 Å². The van der Waals surface area contributed by atoms with Crippen LogP contribution in [0.15, 0.2) is 35.3 Å². The summed E-state index contributed by atoms with van der Waals surface area (Å²) < 4.78 is 0. The topological polar surface area (TPSA) is 18.4 Å². The first-order valence-electron chi connectivity index (χ1n) is 6.45. The Labute approximate surface area is 110 Å². The highest BCUT2D eigenvalue weighted by atomic mass is 15.9. The predicted molar refractivity (Wildman–Crippen MR) is 76.7 cm³/mol. The van der Waals surface area contributed by atoms with E-state index in [9.17, 15) is 0 Å². The molecule has 0 spiro atoms. The Morgan fingerprint density at radius 1 is 0.778 bits per heavy atom. The molecule has 1 aliphatic heterocycles. The second-order valence-corrected chi connectivity index (χ2v) is 6.71. The number of nitrogens with zero attached hydrogens (tertiary/aromatic N) is 3. The molecule has 1 fully saturated rings. The van der Waals surface area contributed by atoms with E-state index < -0.39 is 0 Å². The van der Waals surface area contributed by atoms with Gasteiger partial charge in [0.1, 0.15) is 0 Å². The standard InChI is InChI=1S/C15H23N3/c1-14(2,3)17-13(18(17)15(4,5)6)16-12-10-8-7-9-11-12/h7-11H,1-6H3. The molecule has 1 aromatic rings. The fraction of sp³-hybridized carbons (Fsp3) is 0.533. The fourth-order valence-electron chi connectivity index (χ4n) is 2.05. The van der Waals surface area contributed by atoms with Crippen molar-refractivity contribution in [3.63, 3.8) is 0 Å². The van der Waals surface area contributed by atoms with Crippen LogP contribution in [-0.4, -0.2) is 27.1 Å². The van der Waals surface area contributed by atoms with Crippen LogP contribution < -0.4 is 0 Å². The third-order valence-corrected chi connectivity index (χ3v) is 2.80. The summed E-state index contributed by atoms with van der Waals surface area (Å²) in [6.07, 6.45) is 0. The normalized spacial score (nSPS) is 16.0. The highest BCUT2D eigenvalue weighted by Crippen LogP contribution is 2.38. The summed E-state index contributed by atoms with van der Waals surface area (Å²) in [5.41, 5.74) is 1.15. The SMILES string of the molecule is CC(C)(C)N1C(=Nc2ccccc2)N1C(C)(C)C. The van der Waals surface area contributed by atoms with Crippen LogP contribution in [0.25, 0.3) is 0 Å². The third-order valence-electron chi connectivity index (χ3n) is 2.80. The Balaban J connectivity index is 2.31. The highest BCUT2D eigenvalue weighted by molar-refractivity contribution is 5.94. The lowest BCUT2D eigenvalue weighted by Crippen LogP contribution is -2.36. The number of hydrogen-bond donors (Lipinski definition) is 0. The minimum absolute atomic E-state index is 0.0703. The van der Waals surface area contributed by atoms with Gasteiger partial charge in [-0.15, -0.1) is 0 Å². The number of hydrazine groups is 1. The molecule has 3 nitrogen and oxygen atoms in total. The average Bonchev–Trinajstić information content (AvgIpc) is 2.92. The van der Waals surface area contributed by atoms with Gasteiger partial charge in [-0.25, -0.2) is 15.0 Å². The molecule has 3 heteroatoms. The van der Waals surface area contributed by atoms with E-state index in [2.05, 4.69) is 51.6 Å². The summed E-state index contributed by atoms with van der Waals surface area (Å²) in [6.45, 7) is 13.2. The molecule has 1 aliphatic rings. The van der Waals surface area contributed by atoms with Gasteiger partial charge in [-0.05, 0) is 53.7 Å². The summed E-state index contributed by atoms with van der Waals surface area (Å²) >= 11 is 0. The molecule has 0 N–H and O–H groups in total. The molecule has 0 bridgehead atoms. The summed E-state index contributed by atoms with van der Waals surface area (Å²) in [7, 11) is 0. The third kappa shape index (κ3) is 2.50. The maximum absolute atomic E-state index is 4.73. The van der Waals surface area contributed by atoms with Crippen molar-refractivity contribution in [3.8, 4) is 0 Å². The second-order valence-electron chi connectivity index (χ2n) is 6.71. The van der Waals surface area contributed by atoms with E-state index in [1.165, 1.54) is 0 Å². The van der Waals surface area contributed by atoms with Gasteiger partial charge in [-0.2, -0.15) is 0 Å². The Morgan fingerprint density at radius 3 is 1.61 bits per heavy atom. The van der Waals surface area contributed by atoms with Gasteiger partial charge in [-0.1, -0.05) is 18.2 Å². The summed E-state index contributed by atoms with van der Waals surface area (Å²) in [6, 6.07) is 10.1. The minimum atomic E-state index is 0.0703. The largest absolute Gasteiger partial charge is 0.244 e. The molecule has 0 radical (unpaired) electrons. The van der Waals surface area contributed by atoms with Crippen LogP contribution in [0.3, 0.4) is 0 Å². The fourth-order valence-corrected chi connectivity index (χ4v) is 2.05. The van der Waals surface area contributed by atoms with Crippen LogP contribution in [0.2, 0.25) is 0 Å². The molecular weight excluding hydrogens is 222 g/mol. The second kappa shape index (κ2) is 4.01. The molecule has 1 heterocycles. The number of aliphatic imine (C=N–C) groups is 1. The highest BCUT2D eigenvalue weighted by Gasteiger charge is 2.52. The number of hydrogen-bond acceptors (Lipinski definition) is 1. The predicted octanol–water partition coefficient (Wildman–Crippen LogP) is 3.80. The minimum Gasteiger partial charge on any atom is -0.244 e. The number of benzene rings is 1. The van der Waals surface area contributed by atoms with Crippen LogP contribution in [0, 0.1) is 0 Å². The van der Waals surface area contributed by atoms with Crippen molar-refractivity contribution in [2.24, 2.45) is 4.99 Å². The Bertz CT molecular complexity index is 427. The smallest absolute Gasteiger partial charge is 0.241 e. The van der Waals surface area contributed by atoms with E-state index >= 15 is 0 Å². The molecule has 18 heavy (non-hydrogen) atoms. The quantitative estimate of drug-likeness (QED) is 0.701. The molecule has 0 amide bonds. The van der Waals surface area contributed by atoms with Crippen LogP contribution in [0.1, 0.15) is 41.5 Å². The van der Waals surface area contributed by atoms with Gasteiger partial charge in [0.2, 0.25) is 5.96 Å². The van der Waals surface area contributed by atoms with Crippen LogP contribution in [-0.2, 0) is 0 Å². The van der Waals surface area contributed by atoms with E-state index in [0.29, 0.717) is 0 Å². The van der Waals surface area contributed by atoms with Crippen LogP contribution >= 0.6 is 0 Å². The zero-order chi connectivity index (χ0) is 13.6. The lowest BCUT2D eigenvalue weighted by Gasteiger charge is -2.27. The Morgan fingerprint density at radius 2 is 1.22 bits per heavy atom. The van der Waals surface area contributed by atoms with Crippen molar-refractivity contribution in [3.05, 3.63) is 30.3 Å². The van der Waals surface area contributed by atoms with Crippen molar-refractivity contribution in [2.75, 3.05) is 0 Å². The molecule has 98 valence electrons. The number of rotatable bonds is 1. The van der Waals surface area contributed by atoms with Gasteiger partial charge in [0.05, 0.1) is 16.8 Å². The summed E-state index contributed by atoms with van der Waals surface area (Å²) in [5.74, 6) is 1.06. The lowest BCUT2D eigenvalue weighted by molar-refractivity contribution is 0.110. The van der Waals surface area contributed by atoms with Gasteiger partial charge < -0.3 is 0 Å². The van der Waals surface area contributed by atoms with Crippen molar-refractivity contribution < 1.29 is 0 Å². The maximum atomic E-state index is 4.73. The Hall–Kier alpha value is -1.51. The first-order chi connectivity index (χ1) is 8.21. The molecule has 1 aromatic carbocycles. The molecule has 0 unspecified atom stereocenters. The summed E-state index contributed by atoms with van der Waals surface area (Å²) in [4.78, 5) is 4.73. The first kappa shape index (κ1) is 12.9. The van der Waals surface area contributed by atoms with Crippen molar-refractivity contribution >= 4 is 11.6 Å². The lowest BCUT2D eigenvalue weighted by atomic mass is 10.1. The van der Waals surface area contributed by atoms with E-state index in [-0.39, 0.29) is 11.1 Å². The van der Waals surface area contributed by atoms with E-state index in [0.717, 1.165) is 11.6 Å². The van der Waals surface area contributed by atoms with Gasteiger partial charge in [0.25, 0.3) is 0 Å². The van der Waals surface area contributed by atoms with Crippen molar-refractivity contribution in [2.45, 2.75) is 52.6 Å². The van der Waals surface area contributed by atoms with Crippen LogP contribution in [0.5, 0.6) is 0 Å². The molecule has 2 rings (SSSR count). The maximum Gasteiger partial charge on any atom is 0.241 e. The van der Waals surface area contributed by atoms with Gasteiger partial charge in [-0.3, -0.25) is 0 Å². The number of para-hydroxylation sites is 1. The van der Waals surface area contributed by atoms with Crippen molar-refractivity contribution in [1.29, 1.82) is 0 Å². The van der Waals surface area contributed by atoms with Crippen molar-refractivity contribution in [1.82, 2.24) is 10.0 Å².